The van der Waals surface area contributed by atoms with Crippen LogP contribution in [0.15, 0.2) is 0 Å². The lowest BCUT2D eigenvalue weighted by Gasteiger charge is -2.27. The van der Waals surface area contributed by atoms with Crippen LogP contribution in [0.1, 0.15) is 27.2 Å². The average molecular weight is 230 g/mol. The molecular formula is C11H22N2OS. The highest BCUT2D eigenvalue weighted by Crippen LogP contribution is 2.10. The highest BCUT2D eigenvalue weighted by Gasteiger charge is 2.23. The number of carbonyl (C=O) groups is 1. The number of carbonyl (C=O) groups excluding carboxylic acids is 1. The van der Waals surface area contributed by atoms with Crippen LogP contribution in [-0.2, 0) is 4.79 Å². The molecule has 0 saturated carbocycles. The van der Waals surface area contributed by atoms with Gasteiger partial charge in [0.05, 0.1) is 6.04 Å². The summed E-state index contributed by atoms with van der Waals surface area (Å²) in [6, 6.07) is 0.322. The Kier molecular flexibility index (Phi) is 5.47. The molecule has 1 fully saturated rings. The van der Waals surface area contributed by atoms with Gasteiger partial charge in [0.2, 0.25) is 5.91 Å². The van der Waals surface area contributed by atoms with Gasteiger partial charge < -0.3 is 10.6 Å². The molecule has 15 heavy (non-hydrogen) atoms. The van der Waals surface area contributed by atoms with Crippen LogP contribution in [0.3, 0.4) is 0 Å². The van der Waals surface area contributed by atoms with Crippen molar-refractivity contribution in [1.29, 1.82) is 0 Å². The summed E-state index contributed by atoms with van der Waals surface area (Å²) >= 11 is 1.85. The molecule has 88 valence electrons. The molecule has 0 aliphatic carbocycles. The van der Waals surface area contributed by atoms with Crippen molar-refractivity contribution in [2.75, 3.05) is 18.1 Å². The molecule has 2 atom stereocenters. The smallest absolute Gasteiger partial charge is 0.238 e. The molecule has 1 aliphatic rings. The number of thioether (sulfide) groups is 1. The Morgan fingerprint density at radius 2 is 2.33 bits per heavy atom. The lowest BCUT2D eigenvalue weighted by Crippen LogP contribution is -2.52. The van der Waals surface area contributed by atoms with Gasteiger partial charge in [-0.15, -0.1) is 0 Å². The van der Waals surface area contributed by atoms with Crippen molar-refractivity contribution in [3.63, 3.8) is 0 Å². The van der Waals surface area contributed by atoms with Crippen molar-refractivity contribution in [3.05, 3.63) is 0 Å². The fourth-order valence-electron chi connectivity index (χ4n) is 1.76. The van der Waals surface area contributed by atoms with Gasteiger partial charge in [0.25, 0.3) is 0 Å². The quantitative estimate of drug-likeness (QED) is 0.763. The molecule has 0 aromatic carbocycles. The third-order valence-electron chi connectivity index (χ3n) is 2.81. The molecule has 3 nitrogen and oxygen atoms in total. The predicted octanol–water partition coefficient (Wildman–Crippen LogP) is 1.24. The van der Waals surface area contributed by atoms with Gasteiger partial charge in [-0.25, -0.2) is 0 Å². The number of hydrogen-bond acceptors (Lipinski definition) is 3. The number of rotatable bonds is 4. The van der Waals surface area contributed by atoms with Gasteiger partial charge in [-0.2, -0.15) is 11.8 Å². The fourth-order valence-corrected chi connectivity index (χ4v) is 2.69. The summed E-state index contributed by atoms with van der Waals surface area (Å²) in [7, 11) is 0. The lowest BCUT2D eigenvalue weighted by molar-refractivity contribution is -0.123. The highest BCUT2D eigenvalue weighted by atomic mass is 32.2. The Morgan fingerprint density at radius 3 is 2.80 bits per heavy atom. The zero-order valence-electron chi connectivity index (χ0n) is 9.88. The summed E-state index contributed by atoms with van der Waals surface area (Å²) in [4.78, 5) is 11.9. The van der Waals surface area contributed by atoms with E-state index in [1.165, 1.54) is 0 Å². The van der Waals surface area contributed by atoms with Crippen molar-refractivity contribution < 1.29 is 4.79 Å². The molecule has 0 aromatic heterocycles. The second kappa shape index (κ2) is 6.38. The first-order valence-electron chi connectivity index (χ1n) is 5.76. The number of nitrogens with one attached hydrogen (secondary N) is 2. The topological polar surface area (TPSA) is 41.1 Å². The molecule has 4 heteroatoms. The predicted molar refractivity (Wildman–Crippen MR) is 66.2 cm³/mol. The van der Waals surface area contributed by atoms with E-state index in [0.29, 0.717) is 12.0 Å². The van der Waals surface area contributed by atoms with Gasteiger partial charge in [0.1, 0.15) is 0 Å². The third kappa shape index (κ3) is 4.03. The van der Waals surface area contributed by atoms with E-state index in [4.69, 9.17) is 0 Å². The van der Waals surface area contributed by atoms with Crippen LogP contribution < -0.4 is 10.6 Å². The zero-order chi connectivity index (χ0) is 11.3. The van der Waals surface area contributed by atoms with E-state index < -0.39 is 0 Å². The van der Waals surface area contributed by atoms with Crippen molar-refractivity contribution in [2.24, 2.45) is 5.92 Å². The van der Waals surface area contributed by atoms with Crippen molar-refractivity contribution >= 4 is 17.7 Å². The van der Waals surface area contributed by atoms with Gasteiger partial charge in [-0.1, -0.05) is 20.8 Å². The Labute approximate surface area is 96.8 Å². The Balaban J connectivity index is 2.38. The first-order valence-corrected chi connectivity index (χ1v) is 6.92. The van der Waals surface area contributed by atoms with E-state index in [9.17, 15) is 4.79 Å². The molecule has 1 rings (SSSR count). The number of amides is 1. The molecule has 1 heterocycles. The van der Waals surface area contributed by atoms with Gasteiger partial charge in [0.15, 0.2) is 0 Å². The van der Waals surface area contributed by atoms with Crippen LogP contribution in [0.4, 0.5) is 0 Å². The minimum Gasteiger partial charge on any atom is -0.352 e. The fraction of sp³-hybridized carbons (Fsp3) is 0.909. The third-order valence-corrected chi connectivity index (χ3v) is 3.87. The molecule has 0 spiro atoms. The molecule has 1 amide bonds. The van der Waals surface area contributed by atoms with Crippen LogP contribution >= 0.6 is 11.8 Å². The normalized spacial score (nSPS) is 23.9. The molecular weight excluding hydrogens is 208 g/mol. The average Bonchev–Trinajstić information content (AvgIpc) is 2.26. The van der Waals surface area contributed by atoms with Crippen LogP contribution in [0, 0.1) is 5.92 Å². The largest absolute Gasteiger partial charge is 0.352 e. The van der Waals surface area contributed by atoms with Gasteiger partial charge >= 0.3 is 0 Å². The van der Waals surface area contributed by atoms with Crippen molar-refractivity contribution in [1.82, 2.24) is 10.6 Å². The molecule has 1 saturated heterocycles. The summed E-state index contributed by atoms with van der Waals surface area (Å²) in [5.74, 6) is 2.70. The lowest BCUT2D eigenvalue weighted by atomic mass is 10.0. The van der Waals surface area contributed by atoms with Crippen molar-refractivity contribution in [3.8, 4) is 0 Å². The summed E-state index contributed by atoms with van der Waals surface area (Å²) < 4.78 is 0. The second-order valence-electron chi connectivity index (χ2n) is 4.35. The van der Waals surface area contributed by atoms with E-state index in [1.54, 1.807) is 0 Å². The first-order chi connectivity index (χ1) is 7.15. The minimum atomic E-state index is 0.0107. The first kappa shape index (κ1) is 12.8. The molecule has 0 bridgehead atoms. The minimum absolute atomic E-state index is 0.0107. The van der Waals surface area contributed by atoms with Gasteiger partial charge in [0, 0.05) is 24.1 Å². The summed E-state index contributed by atoms with van der Waals surface area (Å²) in [6.07, 6.45) is 1.00. The SMILES string of the molecule is CCC(NC(=O)C1CSCCN1)C(C)C. The maximum atomic E-state index is 11.9. The monoisotopic (exact) mass is 230 g/mol. The number of hydrogen-bond donors (Lipinski definition) is 2. The summed E-state index contributed by atoms with van der Waals surface area (Å²) in [5.41, 5.74) is 0. The van der Waals surface area contributed by atoms with Crippen LogP contribution in [0.5, 0.6) is 0 Å². The standard InChI is InChI=1S/C11H22N2OS/c1-4-9(8(2)3)13-11(14)10-7-15-6-5-12-10/h8-10,12H,4-7H2,1-3H3,(H,13,14). The van der Waals surface area contributed by atoms with E-state index in [-0.39, 0.29) is 11.9 Å². The highest BCUT2D eigenvalue weighted by molar-refractivity contribution is 7.99. The van der Waals surface area contributed by atoms with Gasteiger partial charge in [-0.05, 0) is 12.3 Å². The molecule has 1 aliphatic heterocycles. The Hall–Kier alpha value is -0.220. The maximum Gasteiger partial charge on any atom is 0.238 e. The molecule has 0 aromatic rings. The van der Waals surface area contributed by atoms with E-state index >= 15 is 0 Å². The summed E-state index contributed by atoms with van der Waals surface area (Å²) in [6.45, 7) is 7.37. The molecule has 2 unspecified atom stereocenters. The van der Waals surface area contributed by atoms with Crippen LogP contribution in [0.2, 0.25) is 0 Å². The van der Waals surface area contributed by atoms with E-state index in [1.807, 2.05) is 11.8 Å². The van der Waals surface area contributed by atoms with Gasteiger partial charge in [-0.3, -0.25) is 4.79 Å². The maximum absolute atomic E-state index is 11.9. The van der Waals surface area contributed by atoms with Crippen LogP contribution in [0.25, 0.3) is 0 Å². The van der Waals surface area contributed by atoms with Crippen molar-refractivity contribution in [2.45, 2.75) is 39.3 Å². The Bertz CT molecular complexity index is 203. The van der Waals surface area contributed by atoms with Crippen LogP contribution in [-0.4, -0.2) is 36.0 Å². The summed E-state index contributed by atoms with van der Waals surface area (Å²) in [5, 5.41) is 6.38. The molecule has 2 N–H and O–H groups in total. The second-order valence-corrected chi connectivity index (χ2v) is 5.50. The van der Waals surface area contributed by atoms with E-state index in [2.05, 4.69) is 31.4 Å². The van der Waals surface area contributed by atoms with E-state index in [0.717, 1.165) is 24.5 Å². The Morgan fingerprint density at radius 1 is 1.60 bits per heavy atom. The zero-order valence-corrected chi connectivity index (χ0v) is 10.7. The molecule has 0 radical (unpaired) electrons.